The molecule has 0 saturated heterocycles. The second kappa shape index (κ2) is 6.01. The molecule has 0 saturated carbocycles. The Morgan fingerprint density at radius 2 is 1.71 bits per heavy atom. The number of fused-ring (bicyclic) bond motifs is 1. The van der Waals surface area contributed by atoms with Crippen LogP contribution in [0.15, 0.2) is 70.3 Å². The van der Waals surface area contributed by atoms with Crippen LogP contribution in [0.3, 0.4) is 0 Å². The molecule has 0 atom stereocenters. The molecule has 24 heavy (non-hydrogen) atoms. The third-order valence-electron chi connectivity index (χ3n) is 3.44. The maximum Gasteiger partial charge on any atom is 0.271 e. The average molecular weight is 372 g/mol. The molecule has 0 fully saturated rings. The zero-order chi connectivity index (χ0) is 16.6. The fourth-order valence-electron chi connectivity index (χ4n) is 2.30. The Morgan fingerprint density at radius 1 is 0.917 bits per heavy atom. The van der Waals surface area contributed by atoms with Crippen molar-refractivity contribution in [3.05, 3.63) is 66.0 Å². The highest BCUT2D eigenvalue weighted by Crippen LogP contribution is 2.31. The SMILES string of the molecule is O=S(=O)(Nc1ccc(-c2nc3ccccc3s2)cc1)c1cccs1. The number of nitrogens with zero attached hydrogens (tertiary/aromatic N) is 1. The first-order valence-electron chi connectivity index (χ1n) is 7.14. The molecule has 2 aromatic carbocycles. The molecule has 0 radical (unpaired) electrons. The monoisotopic (exact) mass is 372 g/mol. The van der Waals surface area contributed by atoms with Gasteiger partial charge in [-0.05, 0) is 47.8 Å². The van der Waals surface area contributed by atoms with Crippen LogP contribution in [0.1, 0.15) is 0 Å². The number of anilines is 1. The molecular weight excluding hydrogens is 360 g/mol. The third-order valence-corrected chi connectivity index (χ3v) is 7.30. The van der Waals surface area contributed by atoms with Crippen molar-refractivity contribution >= 4 is 48.6 Å². The van der Waals surface area contributed by atoms with Gasteiger partial charge in [-0.2, -0.15) is 0 Å². The summed E-state index contributed by atoms with van der Waals surface area (Å²) in [7, 11) is -3.51. The van der Waals surface area contributed by atoms with Crippen LogP contribution in [0.5, 0.6) is 0 Å². The molecular formula is C17H12N2O2S3. The van der Waals surface area contributed by atoms with E-state index in [9.17, 15) is 8.42 Å². The van der Waals surface area contributed by atoms with E-state index in [-0.39, 0.29) is 0 Å². The fraction of sp³-hybridized carbons (Fsp3) is 0. The van der Waals surface area contributed by atoms with Crippen molar-refractivity contribution in [2.75, 3.05) is 4.72 Å². The van der Waals surface area contributed by atoms with Gasteiger partial charge in [-0.25, -0.2) is 13.4 Å². The summed E-state index contributed by atoms with van der Waals surface area (Å²) in [5.74, 6) is 0. The van der Waals surface area contributed by atoms with Gasteiger partial charge in [-0.3, -0.25) is 4.72 Å². The molecule has 0 unspecified atom stereocenters. The van der Waals surface area contributed by atoms with Crippen LogP contribution in [-0.2, 0) is 10.0 Å². The van der Waals surface area contributed by atoms with Gasteiger partial charge < -0.3 is 0 Å². The van der Waals surface area contributed by atoms with Crippen molar-refractivity contribution in [2.45, 2.75) is 4.21 Å². The Hall–Kier alpha value is -2.22. The van der Waals surface area contributed by atoms with Gasteiger partial charge >= 0.3 is 0 Å². The predicted octanol–water partition coefficient (Wildman–Crippen LogP) is 4.83. The number of rotatable bonds is 4. The molecule has 0 amide bonds. The number of thiophene rings is 1. The lowest BCUT2D eigenvalue weighted by molar-refractivity contribution is 0.603. The van der Waals surface area contributed by atoms with E-state index in [1.807, 2.05) is 36.4 Å². The van der Waals surface area contributed by atoms with Gasteiger partial charge in [0, 0.05) is 11.3 Å². The molecule has 4 nitrogen and oxygen atoms in total. The van der Waals surface area contributed by atoms with E-state index in [0.29, 0.717) is 9.90 Å². The quantitative estimate of drug-likeness (QED) is 0.558. The maximum atomic E-state index is 12.2. The number of thiazole rings is 1. The van der Waals surface area contributed by atoms with Crippen LogP contribution in [0.2, 0.25) is 0 Å². The van der Waals surface area contributed by atoms with Gasteiger partial charge in [0.2, 0.25) is 0 Å². The second-order valence-corrected chi connectivity index (χ2v) is 8.99. The van der Waals surface area contributed by atoms with Crippen LogP contribution < -0.4 is 4.72 Å². The van der Waals surface area contributed by atoms with Crippen LogP contribution in [0, 0.1) is 0 Å². The zero-order valence-corrected chi connectivity index (χ0v) is 14.8. The van der Waals surface area contributed by atoms with E-state index in [4.69, 9.17) is 0 Å². The van der Waals surface area contributed by atoms with Gasteiger partial charge in [-0.1, -0.05) is 18.2 Å². The van der Waals surface area contributed by atoms with Crippen LogP contribution in [0.4, 0.5) is 5.69 Å². The second-order valence-electron chi connectivity index (χ2n) is 5.10. The van der Waals surface area contributed by atoms with Crippen LogP contribution >= 0.6 is 22.7 Å². The lowest BCUT2D eigenvalue weighted by Crippen LogP contribution is -2.11. The van der Waals surface area contributed by atoms with Crippen molar-refractivity contribution in [3.8, 4) is 10.6 Å². The standard InChI is InChI=1S/C17H12N2O2S3/c20-24(21,16-6-3-11-22-16)19-13-9-7-12(8-10-13)17-18-14-4-1-2-5-15(14)23-17/h1-11,19H. The number of sulfonamides is 1. The minimum Gasteiger partial charge on any atom is -0.279 e. The lowest BCUT2D eigenvalue weighted by atomic mass is 10.2. The van der Waals surface area contributed by atoms with Crippen molar-refractivity contribution in [3.63, 3.8) is 0 Å². The van der Waals surface area contributed by atoms with E-state index >= 15 is 0 Å². The minimum atomic E-state index is -3.51. The summed E-state index contributed by atoms with van der Waals surface area (Å²) in [5.41, 5.74) is 2.48. The first-order chi connectivity index (χ1) is 11.6. The van der Waals surface area contributed by atoms with E-state index < -0.39 is 10.0 Å². The first-order valence-corrected chi connectivity index (χ1v) is 10.3. The summed E-state index contributed by atoms with van der Waals surface area (Å²) >= 11 is 2.81. The van der Waals surface area contributed by atoms with Crippen LogP contribution in [0.25, 0.3) is 20.8 Å². The van der Waals surface area contributed by atoms with Crippen molar-refractivity contribution in [1.29, 1.82) is 0 Å². The van der Waals surface area contributed by atoms with E-state index in [2.05, 4.69) is 9.71 Å². The molecule has 0 aliphatic rings. The Labute approximate surface area is 147 Å². The Kier molecular flexibility index (Phi) is 3.84. The van der Waals surface area contributed by atoms with Gasteiger partial charge in [0.15, 0.2) is 0 Å². The highest BCUT2D eigenvalue weighted by atomic mass is 32.2. The van der Waals surface area contributed by atoms with Crippen molar-refractivity contribution < 1.29 is 8.42 Å². The van der Waals surface area contributed by atoms with Gasteiger partial charge in [0.05, 0.1) is 10.2 Å². The maximum absolute atomic E-state index is 12.2. The van der Waals surface area contributed by atoms with Gasteiger partial charge in [-0.15, -0.1) is 22.7 Å². The lowest BCUT2D eigenvalue weighted by Gasteiger charge is -2.06. The highest BCUT2D eigenvalue weighted by Gasteiger charge is 2.15. The molecule has 2 heterocycles. The van der Waals surface area contributed by atoms with Gasteiger partial charge in [0.1, 0.15) is 9.22 Å². The number of aromatic nitrogens is 1. The normalized spacial score (nSPS) is 11.7. The van der Waals surface area contributed by atoms with E-state index in [1.165, 1.54) is 11.3 Å². The van der Waals surface area contributed by atoms with Gasteiger partial charge in [0.25, 0.3) is 10.0 Å². The zero-order valence-electron chi connectivity index (χ0n) is 12.3. The molecule has 0 spiro atoms. The Morgan fingerprint density at radius 3 is 2.42 bits per heavy atom. The molecule has 0 bridgehead atoms. The van der Waals surface area contributed by atoms with E-state index in [1.54, 1.807) is 41.0 Å². The number of hydrogen-bond acceptors (Lipinski definition) is 5. The highest BCUT2D eigenvalue weighted by molar-refractivity contribution is 7.94. The molecule has 7 heteroatoms. The molecule has 120 valence electrons. The number of benzene rings is 2. The van der Waals surface area contributed by atoms with Crippen LogP contribution in [-0.4, -0.2) is 13.4 Å². The minimum absolute atomic E-state index is 0.303. The van der Waals surface area contributed by atoms with E-state index in [0.717, 1.165) is 20.8 Å². The molecule has 0 aliphatic carbocycles. The number of para-hydroxylation sites is 1. The average Bonchev–Trinajstić information content (AvgIpc) is 3.25. The molecule has 4 rings (SSSR count). The molecule has 2 aromatic heterocycles. The molecule has 1 N–H and O–H groups in total. The summed E-state index contributed by atoms with van der Waals surface area (Å²) in [6.45, 7) is 0. The third kappa shape index (κ3) is 2.93. The fourth-order valence-corrected chi connectivity index (χ4v) is 5.32. The largest absolute Gasteiger partial charge is 0.279 e. The van der Waals surface area contributed by atoms with Crippen molar-refractivity contribution in [1.82, 2.24) is 4.98 Å². The first kappa shape index (κ1) is 15.3. The smallest absolute Gasteiger partial charge is 0.271 e. The molecule has 4 aromatic rings. The molecule has 0 aliphatic heterocycles. The Bertz CT molecular complexity index is 1050. The topological polar surface area (TPSA) is 59.1 Å². The summed E-state index contributed by atoms with van der Waals surface area (Å²) in [6, 6.07) is 18.6. The number of nitrogens with one attached hydrogen (secondary N) is 1. The summed E-state index contributed by atoms with van der Waals surface area (Å²) in [6.07, 6.45) is 0. The predicted molar refractivity (Wildman–Crippen MR) is 100 cm³/mol. The number of hydrogen-bond donors (Lipinski definition) is 1. The Balaban J connectivity index is 1.61. The van der Waals surface area contributed by atoms with Crippen molar-refractivity contribution in [2.24, 2.45) is 0 Å². The summed E-state index contributed by atoms with van der Waals surface area (Å²) in [4.78, 5) is 4.61. The summed E-state index contributed by atoms with van der Waals surface area (Å²) < 4.78 is 28.5. The summed E-state index contributed by atoms with van der Waals surface area (Å²) in [5, 5.41) is 2.66.